The highest BCUT2D eigenvalue weighted by Crippen LogP contribution is 2.60. The van der Waals surface area contributed by atoms with E-state index in [1.165, 1.54) is 14.2 Å². The number of carbonyl (C=O) groups excluding carboxylic acids is 1. The zero-order valence-corrected chi connectivity index (χ0v) is 8.86. The highest BCUT2D eigenvalue weighted by molar-refractivity contribution is 7.55. The molecule has 0 saturated carbocycles. The molecule has 0 radical (unpaired) electrons. The average molecular weight is 221 g/mol. The van der Waals surface area contributed by atoms with E-state index in [1.54, 1.807) is 0 Å². The van der Waals surface area contributed by atoms with E-state index in [4.69, 9.17) is 9.05 Å². The van der Waals surface area contributed by atoms with Crippen LogP contribution in [0.15, 0.2) is 10.2 Å². The molecule has 1 aliphatic rings. The Labute approximate surface area is 81.4 Å². The van der Waals surface area contributed by atoms with Gasteiger partial charge in [0.2, 0.25) is 6.41 Å². The first-order valence-corrected chi connectivity index (χ1v) is 5.50. The number of hydrogen-bond acceptors (Lipinski definition) is 6. The Hall–Kier alpha value is -0.780. The molecule has 1 amide bonds. The van der Waals surface area contributed by atoms with Crippen molar-refractivity contribution in [2.75, 3.05) is 20.8 Å². The Bertz CT molecular complexity index is 287. The van der Waals surface area contributed by atoms with Crippen LogP contribution in [0.3, 0.4) is 0 Å². The molecular weight excluding hydrogens is 209 g/mol. The minimum absolute atomic E-state index is 0.310. The SMILES string of the molecule is COP(=O)(OC)C1(NC=O)CCN=N1. The van der Waals surface area contributed by atoms with Gasteiger partial charge in [-0.25, -0.2) is 0 Å². The largest absolute Gasteiger partial charge is 0.379 e. The molecule has 0 spiro atoms. The van der Waals surface area contributed by atoms with Crippen molar-refractivity contribution >= 4 is 14.0 Å². The lowest BCUT2D eigenvalue weighted by atomic mass is 10.4. The smallest absolute Gasteiger partial charge is 0.323 e. The van der Waals surface area contributed by atoms with Gasteiger partial charge in [-0.15, -0.1) is 0 Å². The van der Waals surface area contributed by atoms with Gasteiger partial charge in [-0.05, 0) is 0 Å². The summed E-state index contributed by atoms with van der Waals surface area (Å²) >= 11 is 0. The summed E-state index contributed by atoms with van der Waals surface area (Å²) in [6.07, 6.45) is 0.722. The third kappa shape index (κ3) is 1.58. The number of nitrogens with zero attached hydrogens (tertiary/aromatic N) is 2. The maximum atomic E-state index is 12.0. The van der Waals surface area contributed by atoms with Crippen molar-refractivity contribution in [1.29, 1.82) is 0 Å². The van der Waals surface area contributed by atoms with Crippen LogP contribution in [0.1, 0.15) is 6.42 Å². The van der Waals surface area contributed by atoms with Gasteiger partial charge in [-0.3, -0.25) is 9.36 Å². The lowest BCUT2D eigenvalue weighted by Crippen LogP contribution is -2.41. The molecule has 80 valence electrons. The van der Waals surface area contributed by atoms with Gasteiger partial charge in [0.05, 0.1) is 6.54 Å². The van der Waals surface area contributed by atoms with E-state index in [1.807, 2.05) is 0 Å². The van der Waals surface area contributed by atoms with Crippen LogP contribution in [0.25, 0.3) is 0 Å². The van der Waals surface area contributed by atoms with Crippen LogP contribution in [0, 0.1) is 0 Å². The van der Waals surface area contributed by atoms with Gasteiger partial charge in [0, 0.05) is 20.6 Å². The molecule has 0 saturated heterocycles. The second-order valence-corrected chi connectivity index (χ2v) is 5.12. The minimum Gasteiger partial charge on any atom is -0.323 e. The summed E-state index contributed by atoms with van der Waals surface area (Å²) in [5.74, 6) is 0. The van der Waals surface area contributed by atoms with E-state index in [0.717, 1.165) is 0 Å². The van der Waals surface area contributed by atoms with Crippen molar-refractivity contribution in [2.24, 2.45) is 10.2 Å². The fraction of sp³-hybridized carbons (Fsp3) is 0.833. The average Bonchev–Trinajstić information content (AvgIpc) is 2.67. The van der Waals surface area contributed by atoms with E-state index in [0.29, 0.717) is 19.4 Å². The van der Waals surface area contributed by atoms with Crippen LogP contribution >= 0.6 is 7.60 Å². The van der Waals surface area contributed by atoms with E-state index in [2.05, 4.69) is 15.5 Å². The van der Waals surface area contributed by atoms with Crippen LogP contribution in [-0.4, -0.2) is 32.6 Å². The van der Waals surface area contributed by atoms with Crippen LogP contribution in [0.5, 0.6) is 0 Å². The van der Waals surface area contributed by atoms with Crippen molar-refractivity contribution in [1.82, 2.24) is 5.32 Å². The van der Waals surface area contributed by atoms with Crippen LogP contribution in [-0.2, 0) is 18.4 Å². The number of hydrogen-bond donors (Lipinski definition) is 1. The third-order valence-corrected chi connectivity index (χ3v) is 4.33. The fourth-order valence-electron chi connectivity index (χ4n) is 1.27. The van der Waals surface area contributed by atoms with Gasteiger partial charge >= 0.3 is 7.60 Å². The summed E-state index contributed by atoms with van der Waals surface area (Å²) in [6.45, 7) is 0.386. The lowest BCUT2D eigenvalue weighted by Gasteiger charge is -2.29. The molecule has 1 heterocycles. The Morgan fingerprint density at radius 1 is 1.50 bits per heavy atom. The Morgan fingerprint density at radius 3 is 2.50 bits per heavy atom. The van der Waals surface area contributed by atoms with E-state index in [-0.39, 0.29) is 0 Å². The molecule has 0 bridgehead atoms. The maximum Gasteiger partial charge on any atom is 0.379 e. The van der Waals surface area contributed by atoms with Crippen molar-refractivity contribution in [3.63, 3.8) is 0 Å². The summed E-state index contributed by atoms with van der Waals surface area (Å²) in [6, 6.07) is 0. The number of nitrogens with one attached hydrogen (secondary N) is 1. The minimum atomic E-state index is -3.48. The topological polar surface area (TPSA) is 89.3 Å². The molecule has 1 atom stereocenters. The molecular formula is C6H12N3O4P. The van der Waals surface area contributed by atoms with E-state index in [9.17, 15) is 9.36 Å². The first-order chi connectivity index (χ1) is 6.64. The third-order valence-electron chi connectivity index (χ3n) is 2.02. The normalized spacial score (nSPS) is 26.4. The highest BCUT2D eigenvalue weighted by Gasteiger charge is 2.52. The Kier molecular flexibility index (Phi) is 3.36. The predicted molar refractivity (Wildman–Crippen MR) is 47.9 cm³/mol. The van der Waals surface area contributed by atoms with Gasteiger partial charge in [0.15, 0.2) is 0 Å². The molecule has 0 aromatic heterocycles. The molecule has 14 heavy (non-hydrogen) atoms. The molecule has 0 aromatic rings. The summed E-state index contributed by atoms with van der Waals surface area (Å²) in [4.78, 5) is 10.4. The second-order valence-electron chi connectivity index (χ2n) is 2.66. The molecule has 0 aliphatic carbocycles. The van der Waals surface area contributed by atoms with Crippen LogP contribution < -0.4 is 5.32 Å². The van der Waals surface area contributed by atoms with Gasteiger partial charge in [-0.2, -0.15) is 10.2 Å². The van der Waals surface area contributed by atoms with Gasteiger partial charge < -0.3 is 14.4 Å². The summed E-state index contributed by atoms with van der Waals surface area (Å²) < 4.78 is 21.6. The summed E-state index contributed by atoms with van der Waals surface area (Å²) in [5.41, 5.74) is 0. The first kappa shape index (κ1) is 11.3. The molecule has 0 aromatic carbocycles. The Morgan fingerprint density at radius 2 is 2.14 bits per heavy atom. The zero-order valence-electron chi connectivity index (χ0n) is 7.97. The molecule has 1 N–H and O–H groups in total. The van der Waals surface area contributed by atoms with Crippen molar-refractivity contribution in [2.45, 2.75) is 11.8 Å². The van der Waals surface area contributed by atoms with Crippen molar-refractivity contribution in [3.05, 3.63) is 0 Å². The maximum absolute atomic E-state index is 12.0. The van der Waals surface area contributed by atoms with Crippen LogP contribution in [0.2, 0.25) is 0 Å². The monoisotopic (exact) mass is 221 g/mol. The number of azo groups is 1. The Balaban J connectivity index is 3.03. The van der Waals surface area contributed by atoms with E-state index >= 15 is 0 Å². The fourth-order valence-corrected chi connectivity index (χ4v) is 2.78. The predicted octanol–water partition coefficient (Wildman–Crippen LogP) is 0.728. The number of amides is 1. The number of rotatable bonds is 5. The van der Waals surface area contributed by atoms with Crippen LogP contribution in [0.4, 0.5) is 0 Å². The molecule has 1 rings (SSSR count). The molecule has 8 heteroatoms. The molecule has 1 unspecified atom stereocenters. The van der Waals surface area contributed by atoms with Gasteiger partial charge in [0.1, 0.15) is 0 Å². The second kappa shape index (κ2) is 4.16. The van der Waals surface area contributed by atoms with Crippen molar-refractivity contribution in [3.8, 4) is 0 Å². The van der Waals surface area contributed by atoms with Gasteiger partial charge in [-0.1, -0.05) is 0 Å². The van der Waals surface area contributed by atoms with Gasteiger partial charge in [0.25, 0.3) is 5.40 Å². The summed E-state index contributed by atoms with van der Waals surface area (Å²) in [7, 11) is -0.994. The first-order valence-electron chi connectivity index (χ1n) is 3.96. The lowest BCUT2D eigenvalue weighted by molar-refractivity contribution is -0.110. The quantitative estimate of drug-likeness (QED) is 0.547. The number of carbonyl (C=O) groups is 1. The standard InChI is InChI=1S/C6H12N3O4P/c1-12-14(11,13-2)6(7-5-10)3-4-8-9-6/h5H,3-4H2,1-2H3,(H,7,10). The molecule has 0 fully saturated rings. The summed E-state index contributed by atoms with van der Waals surface area (Å²) in [5, 5.41) is 8.43. The zero-order chi connectivity index (χ0) is 10.7. The molecule has 1 aliphatic heterocycles. The molecule has 7 nitrogen and oxygen atoms in total. The van der Waals surface area contributed by atoms with E-state index < -0.39 is 13.0 Å². The van der Waals surface area contributed by atoms with Crippen molar-refractivity contribution < 1.29 is 18.4 Å². The highest BCUT2D eigenvalue weighted by atomic mass is 31.2.